The van der Waals surface area contributed by atoms with Crippen LogP contribution in [-0.2, 0) is 6.54 Å². The van der Waals surface area contributed by atoms with Gasteiger partial charge >= 0.3 is 0 Å². The van der Waals surface area contributed by atoms with Crippen molar-refractivity contribution in [2.24, 2.45) is 0 Å². The molecule has 0 saturated heterocycles. The molecule has 2 rings (SSSR count). The maximum Gasteiger partial charge on any atom is 0.213 e. The van der Waals surface area contributed by atoms with Crippen molar-refractivity contribution in [3.8, 4) is 0 Å². The summed E-state index contributed by atoms with van der Waals surface area (Å²) < 4.78 is 5.47. The van der Waals surface area contributed by atoms with E-state index in [1.165, 1.54) is 6.39 Å². The number of nitrogen functional groups attached to an aromatic ring is 1. The first-order chi connectivity index (χ1) is 7.68. The Labute approximate surface area is 100 Å². The minimum atomic E-state index is 0.450. The van der Waals surface area contributed by atoms with E-state index in [-0.39, 0.29) is 0 Å². The first-order valence-corrected chi connectivity index (χ1v) is 5.37. The van der Waals surface area contributed by atoms with Gasteiger partial charge in [-0.15, -0.1) is 0 Å². The molecule has 0 aromatic carbocycles. The van der Waals surface area contributed by atoms with Gasteiger partial charge in [0.15, 0.2) is 5.82 Å². The second-order valence-electron chi connectivity index (χ2n) is 3.20. The SMILES string of the molecule is Cc1c(N)cnc(NCc2ncon2)c1Br. The van der Waals surface area contributed by atoms with E-state index in [9.17, 15) is 0 Å². The van der Waals surface area contributed by atoms with E-state index in [1.54, 1.807) is 6.20 Å². The van der Waals surface area contributed by atoms with Crippen molar-refractivity contribution < 1.29 is 4.52 Å². The number of halogens is 1. The van der Waals surface area contributed by atoms with Crippen LogP contribution in [0.4, 0.5) is 11.5 Å². The Kier molecular flexibility index (Phi) is 3.04. The molecule has 0 saturated carbocycles. The molecule has 2 aromatic rings. The summed E-state index contributed by atoms with van der Waals surface area (Å²) in [5.74, 6) is 1.28. The Bertz CT molecular complexity index is 485. The first-order valence-electron chi connectivity index (χ1n) is 4.58. The fraction of sp³-hybridized carbons (Fsp3) is 0.222. The number of rotatable bonds is 3. The second kappa shape index (κ2) is 4.48. The number of pyridine rings is 1. The molecule has 6 nitrogen and oxygen atoms in total. The normalized spacial score (nSPS) is 10.4. The molecular weight excluding hydrogens is 274 g/mol. The number of hydrogen-bond donors (Lipinski definition) is 2. The van der Waals surface area contributed by atoms with Crippen molar-refractivity contribution >= 4 is 27.4 Å². The van der Waals surface area contributed by atoms with E-state index in [0.29, 0.717) is 23.9 Å². The van der Waals surface area contributed by atoms with Gasteiger partial charge in [-0.2, -0.15) is 4.98 Å². The van der Waals surface area contributed by atoms with E-state index in [0.717, 1.165) is 10.0 Å². The second-order valence-corrected chi connectivity index (χ2v) is 4.00. The summed E-state index contributed by atoms with van der Waals surface area (Å²) in [5, 5.41) is 6.77. The standard InChI is InChI=1S/C9H10BrN5O/c1-5-6(11)2-12-9(8(5)10)13-3-7-14-4-16-15-7/h2,4H,3,11H2,1H3,(H,12,13). The summed E-state index contributed by atoms with van der Waals surface area (Å²) in [5.41, 5.74) is 7.32. The van der Waals surface area contributed by atoms with Gasteiger partial charge in [-0.05, 0) is 28.4 Å². The summed E-state index contributed by atoms with van der Waals surface area (Å²) in [4.78, 5) is 8.06. The van der Waals surface area contributed by atoms with Gasteiger partial charge in [0.25, 0.3) is 0 Å². The maximum absolute atomic E-state index is 5.72. The highest BCUT2D eigenvalue weighted by atomic mass is 79.9. The minimum absolute atomic E-state index is 0.450. The Morgan fingerprint density at radius 2 is 2.31 bits per heavy atom. The summed E-state index contributed by atoms with van der Waals surface area (Å²) in [6, 6.07) is 0. The van der Waals surface area contributed by atoms with E-state index in [2.05, 4.69) is 40.9 Å². The predicted molar refractivity (Wildman–Crippen MR) is 62.7 cm³/mol. The molecule has 0 amide bonds. The van der Waals surface area contributed by atoms with Crippen LogP contribution >= 0.6 is 15.9 Å². The zero-order valence-electron chi connectivity index (χ0n) is 8.57. The molecule has 0 atom stereocenters. The molecule has 16 heavy (non-hydrogen) atoms. The van der Waals surface area contributed by atoms with Crippen molar-refractivity contribution in [1.82, 2.24) is 15.1 Å². The van der Waals surface area contributed by atoms with Crippen LogP contribution in [0.5, 0.6) is 0 Å². The van der Waals surface area contributed by atoms with Gasteiger partial charge in [0.05, 0.1) is 22.9 Å². The van der Waals surface area contributed by atoms with E-state index >= 15 is 0 Å². The average Bonchev–Trinajstić information content (AvgIpc) is 2.78. The van der Waals surface area contributed by atoms with Crippen LogP contribution in [0.1, 0.15) is 11.4 Å². The summed E-state index contributed by atoms with van der Waals surface area (Å²) in [6.45, 7) is 2.37. The Hall–Kier alpha value is -1.63. The highest BCUT2D eigenvalue weighted by molar-refractivity contribution is 9.10. The number of anilines is 2. The van der Waals surface area contributed by atoms with E-state index in [1.807, 2.05) is 6.92 Å². The number of nitrogens with zero attached hydrogens (tertiary/aromatic N) is 3. The van der Waals surface area contributed by atoms with Crippen LogP contribution < -0.4 is 11.1 Å². The topological polar surface area (TPSA) is 89.9 Å². The van der Waals surface area contributed by atoms with Crippen LogP contribution in [0.15, 0.2) is 21.6 Å². The molecule has 0 fully saturated rings. The van der Waals surface area contributed by atoms with Crippen molar-refractivity contribution in [2.45, 2.75) is 13.5 Å². The molecule has 84 valence electrons. The summed E-state index contributed by atoms with van der Waals surface area (Å²) in [7, 11) is 0. The third-order valence-corrected chi connectivity index (χ3v) is 3.09. The fourth-order valence-electron chi connectivity index (χ4n) is 1.15. The number of hydrogen-bond acceptors (Lipinski definition) is 6. The van der Waals surface area contributed by atoms with Crippen LogP contribution in [0.3, 0.4) is 0 Å². The molecule has 2 aromatic heterocycles. The molecule has 3 N–H and O–H groups in total. The molecule has 0 aliphatic rings. The number of nitrogens with one attached hydrogen (secondary N) is 1. The van der Waals surface area contributed by atoms with Crippen molar-refractivity contribution in [2.75, 3.05) is 11.1 Å². The van der Waals surface area contributed by atoms with E-state index < -0.39 is 0 Å². The molecule has 0 bridgehead atoms. The maximum atomic E-state index is 5.72. The number of nitrogens with two attached hydrogens (primary N) is 1. The minimum Gasteiger partial charge on any atom is -0.397 e. The molecule has 2 heterocycles. The molecule has 0 aliphatic heterocycles. The third kappa shape index (κ3) is 2.13. The van der Waals surface area contributed by atoms with Gasteiger partial charge in [-0.1, -0.05) is 5.16 Å². The highest BCUT2D eigenvalue weighted by Gasteiger charge is 2.07. The van der Waals surface area contributed by atoms with Crippen molar-refractivity contribution in [3.63, 3.8) is 0 Å². The van der Waals surface area contributed by atoms with Gasteiger partial charge in [0.2, 0.25) is 6.39 Å². The predicted octanol–water partition coefficient (Wildman–Crippen LogP) is 1.73. The third-order valence-electron chi connectivity index (χ3n) is 2.12. The summed E-state index contributed by atoms with van der Waals surface area (Å²) >= 11 is 3.43. The van der Waals surface area contributed by atoms with Crippen molar-refractivity contribution in [1.29, 1.82) is 0 Å². The van der Waals surface area contributed by atoms with Crippen LogP contribution in [0, 0.1) is 6.92 Å². The molecule has 7 heteroatoms. The van der Waals surface area contributed by atoms with Crippen molar-refractivity contribution in [3.05, 3.63) is 28.5 Å². The molecular formula is C9H10BrN5O. The lowest BCUT2D eigenvalue weighted by atomic mass is 10.2. The Morgan fingerprint density at radius 1 is 1.50 bits per heavy atom. The van der Waals surface area contributed by atoms with Gasteiger partial charge in [0.1, 0.15) is 5.82 Å². The van der Waals surface area contributed by atoms with Gasteiger partial charge in [0, 0.05) is 0 Å². The fourth-order valence-corrected chi connectivity index (χ4v) is 1.62. The zero-order valence-corrected chi connectivity index (χ0v) is 10.2. The van der Waals surface area contributed by atoms with E-state index in [4.69, 9.17) is 5.73 Å². The Balaban J connectivity index is 2.13. The molecule has 0 unspecified atom stereocenters. The first kappa shape index (κ1) is 10.9. The largest absolute Gasteiger partial charge is 0.397 e. The quantitative estimate of drug-likeness (QED) is 0.892. The van der Waals surface area contributed by atoms with Crippen LogP contribution in [-0.4, -0.2) is 15.1 Å². The molecule has 0 spiro atoms. The summed E-state index contributed by atoms with van der Waals surface area (Å²) in [6.07, 6.45) is 2.90. The van der Waals surface area contributed by atoms with Gasteiger partial charge in [-0.25, -0.2) is 4.98 Å². The van der Waals surface area contributed by atoms with Crippen LogP contribution in [0.2, 0.25) is 0 Å². The zero-order chi connectivity index (χ0) is 11.5. The lowest BCUT2D eigenvalue weighted by molar-refractivity contribution is 0.411. The van der Waals surface area contributed by atoms with Gasteiger partial charge < -0.3 is 15.6 Å². The van der Waals surface area contributed by atoms with Gasteiger partial charge in [-0.3, -0.25) is 0 Å². The number of aromatic nitrogens is 3. The molecule has 0 aliphatic carbocycles. The Morgan fingerprint density at radius 3 is 3.00 bits per heavy atom. The highest BCUT2D eigenvalue weighted by Crippen LogP contribution is 2.27. The average molecular weight is 284 g/mol. The molecule has 0 radical (unpaired) electrons. The van der Waals surface area contributed by atoms with Crippen LogP contribution in [0.25, 0.3) is 0 Å². The lowest BCUT2D eigenvalue weighted by Crippen LogP contribution is -2.05. The monoisotopic (exact) mass is 283 g/mol. The smallest absolute Gasteiger partial charge is 0.213 e. The lowest BCUT2D eigenvalue weighted by Gasteiger charge is -2.09.